The van der Waals surface area contributed by atoms with Gasteiger partial charge in [0.1, 0.15) is 0 Å². The van der Waals surface area contributed by atoms with Crippen molar-refractivity contribution in [3.05, 3.63) is 48.6 Å². The molecule has 0 aromatic rings. The van der Waals surface area contributed by atoms with E-state index in [0.29, 0.717) is 19.3 Å². The topological polar surface area (TPSA) is 77.8 Å². The summed E-state index contributed by atoms with van der Waals surface area (Å²) in [6.07, 6.45) is 19.7. The highest BCUT2D eigenvalue weighted by Gasteiger charge is 2.14. The molecule has 3 N–H and O–H groups in total. The van der Waals surface area contributed by atoms with Crippen molar-refractivity contribution in [3.63, 3.8) is 0 Å². The average molecular weight is 336 g/mol. The zero-order valence-electron chi connectivity index (χ0n) is 14.7. The molecule has 24 heavy (non-hydrogen) atoms. The number of aliphatic hydroxyl groups excluding tert-OH is 2. The van der Waals surface area contributed by atoms with Crippen molar-refractivity contribution < 1.29 is 20.1 Å². The van der Waals surface area contributed by atoms with E-state index in [1.165, 1.54) is 0 Å². The van der Waals surface area contributed by atoms with Gasteiger partial charge in [-0.05, 0) is 44.9 Å². The van der Waals surface area contributed by atoms with Gasteiger partial charge >= 0.3 is 5.97 Å². The van der Waals surface area contributed by atoms with Crippen molar-refractivity contribution in [2.75, 3.05) is 0 Å². The molecule has 0 bridgehead atoms. The summed E-state index contributed by atoms with van der Waals surface area (Å²) in [5.74, 6) is -0.879. The van der Waals surface area contributed by atoms with Crippen LogP contribution < -0.4 is 0 Å². The monoisotopic (exact) mass is 336 g/mol. The molecule has 4 nitrogen and oxygen atoms in total. The number of hydrogen-bond acceptors (Lipinski definition) is 3. The Morgan fingerprint density at radius 1 is 0.833 bits per heavy atom. The molecule has 0 amide bonds. The van der Waals surface area contributed by atoms with Gasteiger partial charge in [-0.1, -0.05) is 55.5 Å². The van der Waals surface area contributed by atoms with E-state index in [1.807, 2.05) is 12.2 Å². The Balaban J connectivity index is 3.70. The standard InChI is InChI=1S/C20H32O4/c1-2-3-4-5-6-7-8-9-10-11-12-13-15-18(21)19(22)16-14-17-20(23)24/h3-4,6-7,9-10,12-13,18-19,21-22H,2,5,8,11,14-17H2,1H3,(H,23,24)/t18-,19+/m1/s1. The highest BCUT2D eigenvalue weighted by Crippen LogP contribution is 2.09. The molecule has 0 saturated carbocycles. The maximum atomic E-state index is 10.4. The van der Waals surface area contributed by atoms with E-state index in [1.54, 1.807) is 0 Å². The molecule has 0 radical (unpaired) electrons. The molecule has 0 aliphatic rings. The SMILES string of the molecule is CCC=CCC=CCC=CCC=CC[C@@H](O)[C@@H](O)CCCC(=O)O. The van der Waals surface area contributed by atoms with Crippen LogP contribution in [-0.2, 0) is 4.79 Å². The fourth-order valence-electron chi connectivity index (χ4n) is 2.03. The number of hydrogen-bond donors (Lipinski definition) is 3. The van der Waals surface area contributed by atoms with Gasteiger partial charge in [0.2, 0.25) is 0 Å². The van der Waals surface area contributed by atoms with Crippen molar-refractivity contribution in [2.24, 2.45) is 0 Å². The highest BCUT2D eigenvalue weighted by molar-refractivity contribution is 5.66. The van der Waals surface area contributed by atoms with Gasteiger partial charge < -0.3 is 15.3 Å². The minimum absolute atomic E-state index is 0.0216. The van der Waals surface area contributed by atoms with Crippen molar-refractivity contribution in [3.8, 4) is 0 Å². The van der Waals surface area contributed by atoms with Crippen LogP contribution in [0.25, 0.3) is 0 Å². The Hall–Kier alpha value is -1.65. The van der Waals surface area contributed by atoms with Crippen LogP contribution in [0.15, 0.2) is 48.6 Å². The number of carboxylic acid groups (broad SMARTS) is 1. The van der Waals surface area contributed by atoms with Crippen molar-refractivity contribution in [1.82, 2.24) is 0 Å². The molecule has 0 heterocycles. The molecule has 0 aromatic heterocycles. The summed E-state index contributed by atoms with van der Waals surface area (Å²) >= 11 is 0. The number of rotatable bonds is 14. The van der Waals surface area contributed by atoms with Crippen LogP contribution in [0.3, 0.4) is 0 Å². The Kier molecular flexibility index (Phi) is 15.1. The Morgan fingerprint density at radius 2 is 1.33 bits per heavy atom. The van der Waals surface area contributed by atoms with Crippen molar-refractivity contribution in [1.29, 1.82) is 0 Å². The summed E-state index contributed by atoms with van der Waals surface area (Å²) < 4.78 is 0. The maximum absolute atomic E-state index is 10.4. The fourth-order valence-corrected chi connectivity index (χ4v) is 2.03. The van der Waals surface area contributed by atoms with Gasteiger partial charge in [-0.15, -0.1) is 0 Å². The second kappa shape index (κ2) is 16.2. The average Bonchev–Trinajstić information content (AvgIpc) is 2.55. The van der Waals surface area contributed by atoms with Crippen molar-refractivity contribution >= 4 is 5.97 Å². The minimum atomic E-state index is -0.879. The van der Waals surface area contributed by atoms with E-state index in [9.17, 15) is 15.0 Å². The van der Waals surface area contributed by atoms with E-state index < -0.39 is 18.2 Å². The molecule has 0 aromatic carbocycles. The third-order valence-corrected chi connectivity index (χ3v) is 3.43. The molecule has 0 rings (SSSR count). The van der Waals surface area contributed by atoms with Gasteiger partial charge in [0, 0.05) is 6.42 Å². The second-order valence-electron chi connectivity index (χ2n) is 5.66. The lowest BCUT2D eigenvalue weighted by molar-refractivity contribution is -0.137. The van der Waals surface area contributed by atoms with E-state index in [4.69, 9.17) is 5.11 Å². The van der Waals surface area contributed by atoms with Gasteiger partial charge in [0.15, 0.2) is 0 Å². The molecular weight excluding hydrogens is 304 g/mol. The van der Waals surface area contributed by atoms with Crippen LogP contribution in [0.4, 0.5) is 0 Å². The van der Waals surface area contributed by atoms with E-state index in [2.05, 4.69) is 43.4 Å². The molecule has 0 spiro atoms. The summed E-state index contributed by atoms with van der Waals surface area (Å²) in [6.45, 7) is 2.12. The van der Waals surface area contributed by atoms with E-state index >= 15 is 0 Å². The lowest BCUT2D eigenvalue weighted by Crippen LogP contribution is -2.25. The van der Waals surface area contributed by atoms with Gasteiger partial charge in [-0.3, -0.25) is 4.79 Å². The zero-order chi connectivity index (χ0) is 18.0. The number of allylic oxidation sites excluding steroid dienone is 7. The number of carbonyl (C=O) groups is 1. The first-order valence-electron chi connectivity index (χ1n) is 8.75. The van der Waals surface area contributed by atoms with Crippen molar-refractivity contribution in [2.45, 2.75) is 70.5 Å². The lowest BCUT2D eigenvalue weighted by atomic mass is 10.0. The Bertz CT molecular complexity index is 421. The predicted molar refractivity (Wildman–Crippen MR) is 98.8 cm³/mol. The van der Waals surface area contributed by atoms with Crippen LogP contribution in [0.1, 0.15) is 58.3 Å². The quantitative estimate of drug-likeness (QED) is 0.416. The first-order valence-corrected chi connectivity index (χ1v) is 8.75. The van der Waals surface area contributed by atoms with Crippen LogP contribution in [0.2, 0.25) is 0 Å². The molecular formula is C20H32O4. The van der Waals surface area contributed by atoms with Crippen LogP contribution in [-0.4, -0.2) is 33.5 Å². The number of carboxylic acids is 1. The number of aliphatic hydroxyl groups is 2. The lowest BCUT2D eigenvalue weighted by Gasteiger charge is -2.15. The maximum Gasteiger partial charge on any atom is 0.303 e. The van der Waals surface area contributed by atoms with Crippen LogP contribution >= 0.6 is 0 Å². The minimum Gasteiger partial charge on any atom is -0.481 e. The molecule has 0 saturated heterocycles. The largest absolute Gasteiger partial charge is 0.481 e. The molecule has 0 aliphatic carbocycles. The first-order chi connectivity index (χ1) is 11.6. The van der Waals surface area contributed by atoms with Gasteiger partial charge in [0.05, 0.1) is 12.2 Å². The fraction of sp³-hybridized carbons (Fsp3) is 0.550. The summed E-state index contributed by atoms with van der Waals surface area (Å²) in [6, 6.07) is 0. The number of aliphatic carboxylic acids is 1. The Labute approximate surface area is 145 Å². The summed E-state index contributed by atoms with van der Waals surface area (Å²) in [5, 5.41) is 28.0. The third kappa shape index (κ3) is 15.3. The van der Waals surface area contributed by atoms with Crippen LogP contribution in [0.5, 0.6) is 0 Å². The first kappa shape index (κ1) is 22.4. The van der Waals surface area contributed by atoms with E-state index in [0.717, 1.165) is 25.7 Å². The van der Waals surface area contributed by atoms with Gasteiger partial charge in [-0.2, -0.15) is 0 Å². The highest BCUT2D eigenvalue weighted by atomic mass is 16.4. The summed E-state index contributed by atoms with van der Waals surface area (Å²) in [5.41, 5.74) is 0. The third-order valence-electron chi connectivity index (χ3n) is 3.43. The smallest absolute Gasteiger partial charge is 0.303 e. The molecule has 0 unspecified atom stereocenters. The van der Waals surface area contributed by atoms with Gasteiger partial charge in [0.25, 0.3) is 0 Å². The van der Waals surface area contributed by atoms with Crippen LogP contribution in [0, 0.1) is 0 Å². The molecule has 2 atom stereocenters. The molecule has 0 aliphatic heterocycles. The summed E-state index contributed by atoms with van der Waals surface area (Å²) in [4.78, 5) is 10.4. The predicted octanol–water partition coefficient (Wildman–Crippen LogP) is 4.16. The normalized spacial score (nSPS) is 15.1. The molecule has 136 valence electrons. The van der Waals surface area contributed by atoms with E-state index in [-0.39, 0.29) is 6.42 Å². The Morgan fingerprint density at radius 3 is 1.83 bits per heavy atom. The molecule has 0 fully saturated rings. The molecule has 4 heteroatoms. The zero-order valence-corrected chi connectivity index (χ0v) is 14.7. The second-order valence-corrected chi connectivity index (χ2v) is 5.66. The summed E-state index contributed by atoms with van der Waals surface area (Å²) in [7, 11) is 0. The van der Waals surface area contributed by atoms with Gasteiger partial charge in [-0.25, -0.2) is 0 Å².